The van der Waals surface area contributed by atoms with Gasteiger partial charge in [0.1, 0.15) is 6.17 Å². The highest BCUT2D eigenvalue weighted by Crippen LogP contribution is 2.33. The zero-order chi connectivity index (χ0) is 10.2. The molecule has 2 atom stereocenters. The van der Waals surface area contributed by atoms with Crippen molar-refractivity contribution in [2.75, 3.05) is 6.54 Å². The lowest BCUT2D eigenvalue weighted by molar-refractivity contribution is 0.220. The summed E-state index contributed by atoms with van der Waals surface area (Å²) in [6.45, 7) is 2.68. The van der Waals surface area contributed by atoms with Gasteiger partial charge in [-0.25, -0.2) is 4.39 Å². The molecule has 1 N–H and O–H groups in total. The minimum absolute atomic E-state index is 0.510. The second-order valence-corrected chi connectivity index (χ2v) is 4.81. The number of hydrogen-bond acceptors (Lipinski definition) is 1. The molecule has 3 heteroatoms. The number of benzene rings is 1. The summed E-state index contributed by atoms with van der Waals surface area (Å²) in [5.41, 5.74) is 0.501. The van der Waals surface area contributed by atoms with Crippen molar-refractivity contribution < 1.29 is 4.39 Å². The fourth-order valence-corrected chi connectivity index (χ4v) is 2.35. The molecule has 1 aromatic carbocycles. The summed E-state index contributed by atoms with van der Waals surface area (Å²) < 4.78 is 14.7. The molecule has 1 nitrogen and oxygen atoms in total. The Bertz CT molecular complexity index is 342. The minimum atomic E-state index is -0.795. The van der Waals surface area contributed by atoms with E-state index in [1.54, 1.807) is 0 Å². The monoisotopic (exact) mass is 257 g/mol. The Labute approximate surface area is 91.8 Å². The van der Waals surface area contributed by atoms with Gasteiger partial charge in [0.2, 0.25) is 0 Å². The third-order valence-corrected chi connectivity index (χ3v) is 3.43. The lowest BCUT2D eigenvalue weighted by Crippen LogP contribution is -2.39. The van der Waals surface area contributed by atoms with E-state index in [1.807, 2.05) is 31.2 Å². The van der Waals surface area contributed by atoms with Gasteiger partial charge in [-0.15, -0.1) is 0 Å². The van der Waals surface area contributed by atoms with E-state index in [2.05, 4.69) is 21.2 Å². The van der Waals surface area contributed by atoms with Gasteiger partial charge >= 0.3 is 0 Å². The number of rotatable bonds is 1. The van der Waals surface area contributed by atoms with E-state index in [0.717, 1.165) is 16.6 Å². The van der Waals surface area contributed by atoms with Gasteiger partial charge < -0.3 is 5.32 Å². The van der Waals surface area contributed by atoms with Gasteiger partial charge in [-0.1, -0.05) is 28.1 Å². The van der Waals surface area contributed by atoms with Crippen LogP contribution in [0.1, 0.15) is 18.9 Å². The molecule has 76 valence electrons. The van der Waals surface area contributed by atoms with Gasteiger partial charge in [0.05, 0.1) is 5.54 Å². The van der Waals surface area contributed by atoms with Crippen molar-refractivity contribution in [2.45, 2.75) is 25.1 Å². The maximum atomic E-state index is 13.7. The molecule has 1 aliphatic rings. The summed E-state index contributed by atoms with van der Waals surface area (Å²) >= 11 is 3.40. The Morgan fingerprint density at radius 3 is 2.93 bits per heavy atom. The van der Waals surface area contributed by atoms with Gasteiger partial charge in [0.25, 0.3) is 0 Å². The summed E-state index contributed by atoms with van der Waals surface area (Å²) in [6, 6.07) is 7.84. The normalized spacial score (nSPS) is 32.1. The molecule has 1 aliphatic heterocycles. The van der Waals surface area contributed by atoms with Crippen molar-refractivity contribution >= 4 is 15.9 Å². The van der Waals surface area contributed by atoms with Gasteiger partial charge in [-0.2, -0.15) is 0 Å². The van der Waals surface area contributed by atoms with Crippen LogP contribution in [0, 0.1) is 0 Å². The van der Waals surface area contributed by atoms with Crippen LogP contribution in [0.3, 0.4) is 0 Å². The maximum Gasteiger partial charge on any atom is 0.123 e. The van der Waals surface area contributed by atoms with Crippen LogP contribution in [0.25, 0.3) is 0 Å². The van der Waals surface area contributed by atoms with E-state index >= 15 is 0 Å². The molecule has 0 bridgehead atoms. The maximum absolute atomic E-state index is 13.7. The fraction of sp³-hybridized carbons (Fsp3) is 0.455. The summed E-state index contributed by atoms with van der Waals surface area (Å²) in [6.07, 6.45) is -0.194. The van der Waals surface area contributed by atoms with Crippen LogP contribution in [-0.4, -0.2) is 12.7 Å². The van der Waals surface area contributed by atoms with Crippen LogP contribution >= 0.6 is 15.9 Å². The number of nitrogens with one attached hydrogen (secondary N) is 1. The highest BCUT2D eigenvalue weighted by Gasteiger charge is 2.40. The predicted molar refractivity (Wildman–Crippen MR) is 59.0 cm³/mol. The molecule has 2 rings (SSSR count). The Hall–Kier alpha value is -0.410. The molecule has 0 aliphatic carbocycles. The third-order valence-electron chi connectivity index (χ3n) is 2.94. The van der Waals surface area contributed by atoms with Crippen molar-refractivity contribution in [1.29, 1.82) is 0 Å². The Balaban J connectivity index is 2.38. The molecule has 1 aromatic rings. The average molecular weight is 258 g/mol. The quantitative estimate of drug-likeness (QED) is 0.816. The zero-order valence-corrected chi connectivity index (χ0v) is 9.64. The predicted octanol–water partition coefficient (Wildman–Crippen LogP) is 3.00. The first-order chi connectivity index (χ1) is 6.63. The summed E-state index contributed by atoms with van der Waals surface area (Å²) in [4.78, 5) is 0. The number of hydrogen-bond donors (Lipinski definition) is 1. The van der Waals surface area contributed by atoms with Gasteiger partial charge in [-0.3, -0.25) is 0 Å². The number of halogens is 2. The highest BCUT2D eigenvalue weighted by molar-refractivity contribution is 9.10. The Kier molecular flexibility index (Phi) is 2.62. The molecular weight excluding hydrogens is 245 g/mol. The van der Waals surface area contributed by atoms with Crippen LogP contribution in [0.2, 0.25) is 0 Å². The first kappa shape index (κ1) is 10.1. The van der Waals surface area contributed by atoms with Crippen molar-refractivity contribution in [1.82, 2.24) is 5.32 Å². The van der Waals surface area contributed by atoms with E-state index in [0.29, 0.717) is 6.42 Å². The summed E-state index contributed by atoms with van der Waals surface area (Å²) in [7, 11) is 0. The van der Waals surface area contributed by atoms with Gasteiger partial charge in [0, 0.05) is 4.47 Å². The van der Waals surface area contributed by atoms with Crippen LogP contribution in [-0.2, 0) is 5.54 Å². The zero-order valence-electron chi connectivity index (χ0n) is 8.06. The lowest BCUT2D eigenvalue weighted by atomic mass is 9.89. The Morgan fingerprint density at radius 2 is 2.36 bits per heavy atom. The molecule has 1 fully saturated rings. The van der Waals surface area contributed by atoms with Crippen molar-refractivity contribution in [3.05, 3.63) is 34.3 Å². The standard InChI is InChI=1S/C11H13BrFN/c1-11(10(13)5-6-14-11)8-3-2-4-9(12)7-8/h2-4,7,10,14H,5-6H2,1H3. The van der Waals surface area contributed by atoms with Crippen molar-refractivity contribution in [3.8, 4) is 0 Å². The fourth-order valence-electron chi connectivity index (χ4n) is 1.95. The molecule has 1 heterocycles. The topological polar surface area (TPSA) is 12.0 Å². The molecule has 0 amide bonds. The van der Waals surface area contributed by atoms with Crippen LogP contribution in [0.15, 0.2) is 28.7 Å². The largest absolute Gasteiger partial charge is 0.305 e. The van der Waals surface area contributed by atoms with Crippen LogP contribution in [0.4, 0.5) is 4.39 Å². The van der Waals surface area contributed by atoms with E-state index in [4.69, 9.17) is 0 Å². The summed E-state index contributed by atoms with van der Waals surface area (Å²) in [5, 5.41) is 3.23. The molecule has 0 aromatic heterocycles. The first-order valence-corrected chi connectivity index (χ1v) is 5.57. The highest BCUT2D eigenvalue weighted by atomic mass is 79.9. The van der Waals surface area contributed by atoms with E-state index in [1.165, 1.54) is 0 Å². The molecule has 2 unspecified atom stereocenters. The molecule has 0 saturated carbocycles. The van der Waals surface area contributed by atoms with Gasteiger partial charge in [-0.05, 0) is 37.6 Å². The molecule has 1 saturated heterocycles. The van der Waals surface area contributed by atoms with Gasteiger partial charge in [0.15, 0.2) is 0 Å². The second kappa shape index (κ2) is 3.63. The Morgan fingerprint density at radius 1 is 1.57 bits per heavy atom. The van der Waals surface area contributed by atoms with Crippen molar-refractivity contribution in [2.24, 2.45) is 0 Å². The van der Waals surface area contributed by atoms with Crippen molar-refractivity contribution in [3.63, 3.8) is 0 Å². The van der Waals surface area contributed by atoms with E-state index in [-0.39, 0.29) is 0 Å². The summed E-state index contributed by atoms with van der Waals surface area (Å²) in [5.74, 6) is 0. The molecule has 0 radical (unpaired) electrons. The lowest BCUT2D eigenvalue weighted by Gasteiger charge is -2.27. The second-order valence-electron chi connectivity index (χ2n) is 3.90. The SMILES string of the molecule is CC1(c2cccc(Br)c2)NCCC1F. The molecule has 14 heavy (non-hydrogen) atoms. The molecule has 0 spiro atoms. The van der Waals surface area contributed by atoms with E-state index < -0.39 is 11.7 Å². The minimum Gasteiger partial charge on any atom is -0.305 e. The molecular formula is C11H13BrFN. The first-order valence-electron chi connectivity index (χ1n) is 4.78. The van der Waals surface area contributed by atoms with Crippen LogP contribution < -0.4 is 5.32 Å². The third kappa shape index (κ3) is 1.59. The average Bonchev–Trinajstić information content (AvgIpc) is 2.49. The number of alkyl halides is 1. The smallest absolute Gasteiger partial charge is 0.123 e. The van der Waals surface area contributed by atoms with E-state index in [9.17, 15) is 4.39 Å². The van der Waals surface area contributed by atoms with Crippen LogP contribution in [0.5, 0.6) is 0 Å².